The van der Waals surface area contributed by atoms with Gasteiger partial charge in [-0.05, 0) is 23.8 Å². The van der Waals surface area contributed by atoms with Crippen molar-refractivity contribution in [3.63, 3.8) is 0 Å². The maximum Gasteiger partial charge on any atom is 0.162 e. The van der Waals surface area contributed by atoms with Crippen LogP contribution in [0.2, 0.25) is 0 Å². The largest absolute Gasteiger partial charge is 0.336 e. The Balaban J connectivity index is 1.48. The lowest BCUT2D eigenvalue weighted by Crippen LogP contribution is -2.04. The van der Waals surface area contributed by atoms with Crippen LogP contribution in [0, 0.1) is 0 Å². The first-order valence-electron chi connectivity index (χ1n) is 8.66. The molecule has 0 amide bonds. The van der Waals surface area contributed by atoms with Gasteiger partial charge in [0.05, 0.1) is 36.7 Å². The van der Waals surface area contributed by atoms with Gasteiger partial charge >= 0.3 is 0 Å². The highest BCUT2D eigenvalue weighted by Gasteiger charge is 2.10. The number of aryl methyl sites for hydroxylation is 1. The van der Waals surface area contributed by atoms with Gasteiger partial charge in [0, 0.05) is 36.8 Å². The lowest BCUT2D eigenvalue weighted by atomic mass is 10.0. The van der Waals surface area contributed by atoms with Gasteiger partial charge in [-0.25, -0.2) is 14.5 Å². The number of hydrogen-bond acceptors (Lipinski definition) is 4. The Morgan fingerprint density at radius 2 is 1.93 bits per heavy atom. The number of benzene rings is 1. The fourth-order valence-corrected chi connectivity index (χ4v) is 3.18. The molecule has 0 saturated heterocycles. The van der Waals surface area contributed by atoms with Gasteiger partial charge in [-0.15, -0.1) is 0 Å². The lowest BCUT2D eigenvalue weighted by molar-refractivity contribution is 0.650. The molecule has 0 unspecified atom stereocenters. The number of hydrogen-bond donors (Lipinski definition) is 0. The van der Waals surface area contributed by atoms with Gasteiger partial charge in [-0.2, -0.15) is 10.2 Å². The highest BCUT2D eigenvalue weighted by molar-refractivity contribution is 5.79. The van der Waals surface area contributed by atoms with Gasteiger partial charge in [0.15, 0.2) is 5.65 Å². The third kappa shape index (κ3) is 2.79. The predicted molar refractivity (Wildman–Crippen MR) is 102 cm³/mol. The van der Waals surface area contributed by atoms with E-state index in [4.69, 9.17) is 5.10 Å². The number of rotatable bonds is 4. The van der Waals surface area contributed by atoms with E-state index in [9.17, 15) is 0 Å². The predicted octanol–water partition coefficient (Wildman–Crippen LogP) is 3.04. The molecule has 0 N–H and O–H groups in total. The summed E-state index contributed by atoms with van der Waals surface area (Å²) in [4.78, 5) is 8.60. The molecule has 4 heterocycles. The Morgan fingerprint density at radius 1 is 1.00 bits per heavy atom. The summed E-state index contributed by atoms with van der Waals surface area (Å²) in [6.45, 7) is 0.689. The minimum absolute atomic E-state index is 0.689. The number of nitrogens with zero attached hydrogens (tertiary/aromatic N) is 7. The molecule has 27 heavy (non-hydrogen) atoms. The summed E-state index contributed by atoms with van der Waals surface area (Å²) in [5.74, 6) is 0. The van der Waals surface area contributed by atoms with Gasteiger partial charge in [-0.3, -0.25) is 4.68 Å². The first-order chi connectivity index (χ1) is 13.3. The Hall–Kier alpha value is -3.74. The van der Waals surface area contributed by atoms with E-state index in [1.165, 1.54) is 0 Å². The van der Waals surface area contributed by atoms with Crippen molar-refractivity contribution in [2.24, 2.45) is 7.05 Å². The molecule has 0 atom stereocenters. The van der Waals surface area contributed by atoms with E-state index in [0.717, 1.165) is 33.7 Å². The standard InChI is InChI=1S/C20H17N7/c1-25-14-21-11-17(25)13-26-9-6-19(24-26)16-5-2-4-15(10-16)18-12-23-27-8-3-7-22-20(18)27/h2-12,14H,13H2,1H3. The fourth-order valence-electron chi connectivity index (χ4n) is 3.18. The summed E-state index contributed by atoms with van der Waals surface area (Å²) in [6, 6.07) is 12.2. The van der Waals surface area contributed by atoms with E-state index in [1.807, 2.05) is 59.3 Å². The molecule has 0 spiro atoms. The molecule has 5 aromatic rings. The summed E-state index contributed by atoms with van der Waals surface area (Å²) in [5, 5.41) is 9.10. The molecule has 0 fully saturated rings. The molecule has 7 nitrogen and oxygen atoms in total. The zero-order valence-corrected chi connectivity index (χ0v) is 14.8. The Kier molecular flexibility index (Phi) is 3.57. The quantitative estimate of drug-likeness (QED) is 0.497. The van der Waals surface area contributed by atoms with E-state index >= 15 is 0 Å². The normalized spacial score (nSPS) is 11.3. The molecule has 132 valence electrons. The monoisotopic (exact) mass is 355 g/mol. The van der Waals surface area contributed by atoms with Crippen molar-refractivity contribution in [2.75, 3.05) is 0 Å². The topological polar surface area (TPSA) is 65.8 Å². The van der Waals surface area contributed by atoms with Gasteiger partial charge < -0.3 is 4.57 Å². The van der Waals surface area contributed by atoms with Crippen LogP contribution in [0.1, 0.15) is 5.69 Å². The molecule has 7 heteroatoms. The Labute approximate surface area is 155 Å². The van der Waals surface area contributed by atoms with Crippen molar-refractivity contribution in [3.05, 3.63) is 79.4 Å². The van der Waals surface area contributed by atoms with Crippen LogP contribution in [0.25, 0.3) is 28.0 Å². The minimum Gasteiger partial charge on any atom is -0.336 e. The van der Waals surface area contributed by atoms with Crippen LogP contribution in [-0.4, -0.2) is 33.9 Å². The second kappa shape index (κ2) is 6.21. The summed E-state index contributed by atoms with van der Waals surface area (Å²) >= 11 is 0. The molecule has 0 aliphatic heterocycles. The van der Waals surface area contributed by atoms with Crippen LogP contribution >= 0.6 is 0 Å². The molecule has 0 aliphatic rings. The van der Waals surface area contributed by atoms with Crippen molar-refractivity contribution in [3.8, 4) is 22.4 Å². The molecular formula is C20H17N7. The van der Waals surface area contributed by atoms with E-state index in [-0.39, 0.29) is 0 Å². The van der Waals surface area contributed by atoms with Gasteiger partial charge in [-0.1, -0.05) is 18.2 Å². The molecule has 0 aliphatic carbocycles. The highest BCUT2D eigenvalue weighted by Crippen LogP contribution is 2.27. The SMILES string of the molecule is Cn1cncc1Cn1ccc(-c2cccc(-c3cnn4cccnc34)c2)n1. The summed E-state index contributed by atoms with van der Waals surface area (Å²) in [6.07, 6.45) is 11.2. The molecule has 1 aromatic carbocycles. The third-order valence-corrected chi connectivity index (χ3v) is 4.63. The zero-order chi connectivity index (χ0) is 18.2. The molecule has 0 bridgehead atoms. The van der Waals surface area contributed by atoms with Crippen molar-refractivity contribution >= 4 is 5.65 Å². The minimum atomic E-state index is 0.689. The molecule has 4 aromatic heterocycles. The first kappa shape index (κ1) is 15.5. The average molecular weight is 355 g/mol. The molecule has 5 rings (SSSR count). The number of aromatic nitrogens is 7. The second-order valence-corrected chi connectivity index (χ2v) is 6.42. The highest BCUT2D eigenvalue weighted by atomic mass is 15.3. The lowest BCUT2D eigenvalue weighted by Gasteiger charge is -2.04. The van der Waals surface area contributed by atoms with Crippen molar-refractivity contribution < 1.29 is 0 Å². The second-order valence-electron chi connectivity index (χ2n) is 6.42. The maximum atomic E-state index is 4.72. The van der Waals surface area contributed by atoms with Crippen LogP contribution in [0.3, 0.4) is 0 Å². The zero-order valence-electron chi connectivity index (χ0n) is 14.8. The van der Waals surface area contributed by atoms with Crippen molar-refractivity contribution in [1.82, 2.24) is 33.9 Å². The van der Waals surface area contributed by atoms with Crippen LogP contribution in [0.4, 0.5) is 0 Å². The summed E-state index contributed by atoms with van der Waals surface area (Å²) < 4.78 is 5.71. The van der Waals surface area contributed by atoms with E-state index in [2.05, 4.69) is 33.3 Å². The van der Waals surface area contributed by atoms with Crippen LogP contribution < -0.4 is 0 Å². The summed E-state index contributed by atoms with van der Waals surface area (Å²) in [5.41, 5.74) is 6.02. The Bertz CT molecular complexity index is 1230. The van der Waals surface area contributed by atoms with Gasteiger partial charge in [0.2, 0.25) is 0 Å². The first-order valence-corrected chi connectivity index (χ1v) is 8.66. The smallest absolute Gasteiger partial charge is 0.162 e. The molecular weight excluding hydrogens is 338 g/mol. The summed E-state index contributed by atoms with van der Waals surface area (Å²) in [7, 11) is 1.99. The maximum absolute atomic E-state index is 4.72. The van der Waals surface area contributed by atoms with Crippen LogP contribution in [0.5, 0.6) is 0 Å². The fraction of sp³-hybridized carbons (Fsp3) is 0.100. The van der Waals surface area contributed by atoms with Crippen molar-refractivity contribution in [2.45, 2.75) is 6.54 Å². The van der Waals surface area contributed by atoms with Crippen LogP contribution in [0.15, 0.2) is 73.7 Å². The van der Waals surface area contributed by atoms with E-state index < -0.39 is 0 Å². The van der Waals surface area contributed by atoms with E-state index in [0.29, 0.717) is 6.54 Å². The van der Waals surface area contributed by atoms with Crippen LogP contribution in [-0.2, 0) is 13.6 Å². The average Bonchev–Trinajstić information content (AvgIpc) is 3.43. The molecule has 0 radical (unpaired) electrons. The molecule has 0 saturated carbocycles. The van der Waals surface area contributed by atoms with Gasteiger partial charge in [0.25, 0.3) is 0 Å². The van der Waals surface area contributed by atoms with E-state index in [1.54, 1.807) is 17.0 Å². The number of fused-ring (bicyclic) bond motifs is 1. The third-order valence-electron chi connectivity index (χ3n) is 4.63. The number of imidazole rings is 1. The Morgan fingerprint density at radius 3 is 2.81 bits per heavy atom. The van der Waals surface area contributed by atoms with Crippen molar-refractivity contribution in [1.29, 1.82) is 0 Å². The van der Waals surface area contributed by atoms with Gasteiger partial charge in [0.1, 0.15) is 0 Å².